The Morgan fingerprint density at radius 2 is 1.72 bits per heavy atom. The van der Waals surface area contributed by atoms with Crippen LogP contribution in [0.25, 0.3) is 0 Å². The number of benzene rings is 2. The van der Waals surface area contributed by atoms with Crippen LogP contribution >= 0.6 is 0 Å². The Hall–Kier alpha value is -2.78. The highest BCUT2D eigenvalue weighted by Gasteiger charge is 2.12. The second-order valence-corrected chi connectivity index (χ2v) is 7.93. The van der Waals surface area contributed by atoms with Gasteiger partial charge < -0.3 is 20.1 Å². The van der Waals surface area contributed by atoms with E-state index in [2.05, 4.69) is 20.3 Å². The van der Waals surface area contributed by atoms with Crippen molar-refractivity contribution in [2.45, 2.75) is 18.7 Å². The summed E-state index contributed by atoms with van der Waals surface area (Å²) in [6.45, 7) is 4.97. The van der Waals surface area contributed by atoms with Crippen LogP contribution < -0.4 is 24.8 Å². The van der Waals surface area contributed by atoms with Gasteiger partial charge in [-0.05, 0) is 38.1 Å². The van der Waals surface area contributed by atoms with Crippen LogP contribution in [0, 0.1) is 6.92 Å². The van der Waals surface area contributed by atoms with E-state index < -0.39 is 10.0 Å². The Balaban J connectivity index is 1.99. The van der Waals surface area contributed by atoms with E-state index in [1.165, 1.54) is 0 Å². The molecule has 0 fully saturated rings. The Morgan fingerprint density at radius 3 is 2.34 bits per heavy atom. The zero-order valence-corrected chi connectivity index (χ0v) is 18.0. The molecule has 0 aromatic heterocycles. The summed E-state index contributed by atoms with van der Waals surface area (Å²) < 4.78 is 37.7. The van der Waals surface area contributed by atoms with Gasteiger partial charge in [-0.3, -0.25) is 4.99 Å². The predicted molar refractivity (Wildman–Crippen MR) is 116 cm³/mol. The number of sulfonamides is 1. The van der Waals surface area contributed by atoms with E-state index in [0.29, 0.717) is 24.0 Å². The van der Waals surface area contributed by atoms with E-state index in [-0.39, 0.29) is 18.0 Å². The molecule has 2 aromatic rings. The Bertz CT molecular complexity index is 928. The van der Waals surface area contributed by atoms with Crippen molar-refractivity contribution in [3.8, 4) is 11.5 Å². The lowest BCUT2D eigenvalue weighted by Crippen LogP contribution is -2.32. The maximum atomic E-state index is 12.3. The molecule has 0 aliphatic rings. The number of anilines is 1. The molecular formula is C20H28N4O4S. The average Bonchev–Trinajstić information content (AvgIpc) is 2.71. The number of hydrogen-bond donors (Lipinski definition) is 3. The molecule has 2 rings (SSSR count). The number of hydrogen-bond acceptors (Lipinski definition) is 5. The quantitative estimate of drug-likeness (QED) is 0.327. The molecule has 9 heteroatoms. The molecule has 0 amide bonds. The number of guanidine groups is 1. The molecule has 8 nitrogen and oxygen atoms in total. The molecule has 29 heavy (non-hydrogen) atoms. The third-order valence-corrected chi connectivity index (χ3v) is 5.47. The molecule has 0 spiro atoms. The maximum Gasteiger partial charge on any atom is 0.240 e. The standard InChI is InChI=1S/C20H28N4O4S/c1-5-21-20(24-16-8-11-18(27-3)19(14-16)28-4)22-12-13-23-29(25,26)17-9-6-15(2)7-10-17/h6-11,14,23H,5,12-13H2,1-4H3,(H2,21,22,24). The first-order valence-corrected chi connectivity index (χ1v) is 10.7. The second-order valence-electron chi connectivity index (χ2n) is 6.17. The summed E-state index contributed by atoms with van der Waals surface area (Å²) in [7, 11) is -0.405. The Labute approximate surface area is 172 Å². The topological polar surface area (TPSA) is 101 Å². The SMILES string of the molecule is CCNC(=NCCNS(=O)(=O)c1ccc(C)cc1)Nc1ccc(OC)c(OC)c1. The molecule has 0 saturated heterocycles. The van der Waals surface area contributed by atoms with E-state index in [9.17, 15) is 8.42 Å². The Morgan fingerprint density at radius 1 is 1.03 bits per heavy atom. The minimum Gasteiger partial charge on any atom is -0.493 e. The fourth-order valence-corrected chi connectivity index (χ4v) is 3.53. The van der Waals surface area contributed by atoms with E-state index in [0.717, 1.165) is 11.3 Å². The molecule has 0 saturated carbocycles. The van der Waals surface area contributed by atoms with Crippen LogP contribution in [-0.4, -0.2) is 48.2 Å². The molecule has 0 unspecified atom stereocenters. The summed E-state index contributed by atoms with van der Waals surface area (Å²) in [5.74, 6) is 1.76. The van der Waals surface area contributed by atoms with Crippen molar-refractivity contribution >= 4 is 21.7 Å². The van der Waals surface area contributed by atoms with Gasteiger partial charge in [-0.1, -0.05) is 17.7 Å². The first-order valence-electron chi connectivity index (χ1n) is 9.23. The van der Waals surface area contributed by atoms with Gasteiger partial charge in [0.2, 0.25) is 10.0 Å². The van der Waals surface area contributed by atoms with E-state index in [4.69, 9.17) is 9.47 Å². The zero-order valence-electron chi connectivity index (χ0n) is 17.2. The van der Waals surface area contributed by atoms with Gasteiger partial charge in [0.1, 0.15) is 0 Å². The highest BCUT2D eigenvalue weighted by molar-refractivity contribution is 7.89. The first kappa shape index (κ1) is 22.5. The van der Waals surface area contributed by atoms with E-state index in [1.807, 2.05) is 19.9 Å². The number of methoxy groups -OCH3 is 2. The first-order chi connectivity index (χ1) is 13.9. The predicted octanol–water partition coefficient (Wildman–Crippen LogP) is 2.37. The van der Waals surface area contributed by atoms with Gasteiger partial charge in [0.25, 0.3) is 0 Å². The van der Waals surface area contributed by atoms with E-state index in [1.54, 1.807) is 50.6 Å². The van der Waals surface area contributed by atoms with E-state index >= 15 is 0 Å². The second kappa shape index (κ2) is 10.7. The average molecular weight is 421 g/mol. The van der Waals surface area contributed by atoms with Crippen molar-refractivity contribution < 1.29 is 17.9 Å². The lowest BCUT2D eigenvalue weighted by Gasteiger charge is -2.14. The van der Waals surface area contributed by atoms with Crippen molar-refractivity contribution in [3.05, 3.63) is 48.0 Å². The lowest BCUT2D eigenvalue weighted by atomic mass is 10.2. The smallest absolute Gasteiger partial charge is 0.240 e. The van der Waals surface area contributed by atoms with Gasteiger partial charge in [0.05, 0.1) is 25.7 Å². The number of aliphatic imine (C=N–C) groups is 1. The van der Waals surface area contributed by atoms with Crippen LogP contribution in [0.5, 0.6) is 11.5 Å². The highest BCUT2D eigenvalue weighted by atomic mass is 32.2. The summed E-state index contributed by atoms with van der Waals surface area (Å²) in [4.78, 5) is 4.65. The van der Waals surface area contributed by atoms with Crippen molar-refractivity contribution in [1.82, 2.24) is 10.0 Å². The van der Waals surface area contributed by atoms with Crippen LogP contribution in [0.3, 0.4) is 0 Å². The molecular weight excluding hydrogens is 392 g/mol. The van der Waals surface area contributed by atoms with Crippen molar-refractivity contribution in [3.63, 3.8) is 0 Å². The molecule has 0 radical (unpaired) electrons. The third kappa shape index (κ3) is 6.65. The lowest BCUT2D eigenvalue weighted by molar-refractivity contribution is 0.355. The highest BCUT2D eigenvalue weighted by Crippen LogP contribution is 2.29. The van der Waals surface area contributed by atoms with Gasteiger partial charge in [-0.25, -0.2) is 13.1 Å². The normalized spacial score (nSPS) is 11.8. The number of nitrogens with one attached hydrogen (secondary N) is 3. The number of nitrogens with zero attached hydrogens (tertiary/aromatic N) is 1. The molecule has 0 atom stereocenters. The van der Waals surface area contributed by atoms with Gasteiger partial charge in [-0.15, -0.1) is 0 Å². The number of rotatable bonds is 9. The van der Waals surface area contributed by atoms with Crippen LogP contribution in [0.2, 0.25) is 0 Å². The van der Waals surface area contributed by atoms with Crippen LogP contribution in [0.1, 0.15) is 12.5 Å². The minimum absolute atomic E-state index is 0.179. The fraction of sp³-hybridized carbons (Fsp3) is 0.350. The number of aryl methyl sites for hydroxylation is 1. The molecule has 0 bridgehead atoms. The number of ether oxygens (including phenoxy) is 2. The molecule has 2 aromatic carbocycles. The van der Waals surface area contributed by atoms with Crippen LogP contribution in [0.15, 0.2) is 52.4 Å². The summed E-state index contributed by atoms with van der Waals surface area (Å²) in [5, 5.41) is 6.29. The fourth-order valence-electron chi connectivity index (χ4n) is 2.51. The van der Waals surface area contributed by atoms with Crippen molar-refractivity contribution in [2.75, 3.05) is 39.2 Å². The van der Waals surface area contributed by atoms with Gasteiger partial charge >= 0.3 is 0 Å². The Kier molecular flexibility index (Phi) is 8.29. The molecule has 0 aliphatic carbocycles. The largest absolute Gasteiger partial charge is 0.493 e. The van der Waals surface area contributed by atoms with Crippen LogP contribution in [-0.2, 0) is 10.0 Å². The maximum absolute atomic E-state index is 12.3. The summed E-state index contributed by atoms with van der Waals surface area (Å²) in [6.07, 6.45) is 0. The molecule has 158 valence electrons. The van der Waals surface area contributed by atoms with Crippen molar-refractivity contribution in [2.24, 2.45) is 4.99 Å². The summed E-state index contributed by atoms with van der Waals surface area (Å²) in [5.41, 5.74) is 1.77. The monoisotopic (exact) mass is 420 g/mol. The molecule has 0 aliphatic heterocycles. The van der Waals surface area contributed by atoms with Crippen molar-refractivity contribution in [1.29, 1.82) is 0 Å². The summed E-state index contributed by atoms with van der Waals surface area (Å²) in [6, 6.07) is 12.1. The zero-order chi connectivity index (χ0) is 21.3. The molecule has 3 N–H and O–H groups in total. The minimum atomic E-state index is -3.55. The van der Waals surface area contributed by atoms with Gasteiger partial charge in [0.15, 0.2) is 17.5 Å². The van der Waals surface area contributed by atoms with Crippen LogP contribution in [0.4, 0.5) is 5.69 Å². The third-order valence-electron chi connectivity index (χ3n) is 4.00. The van der Waals surface area contributed by atoms with Gasteiger partial charge in [-0.2, -0.15) is 0 Å². The molecule has 0 heterocycles. The van der Waals surface area contributed by atoms with Gasteiger partial charge in [0, 0.05) is 24.8 Å². The summed E-state index contributed by atoms with van der Waals surface area (Å²) >= 11 is 0.